The van der Waals surface area contributed by atoms with E-state index in [1.165, 1.54) is 6.33 Å². The van der Waals surface area contributed by atoms with Crippen LogP contribution < -0.4 is 10.6 Å². The van der Waals surface area contributed by atoms with Gasteiger partial charge >= 0.3 is 0 Å². The fourth-order valence-corrected chi connectivity index (χ4v) is 4.40. The van der Waals surface area contributed by atoms with Gasteiger partial charge in [0.1, 0.15) is 18.2 Å². The van der Waals surface area contributed by atoms with Gasteiger partial charge in [0.2, 0.25) is 11.8 Å². The number of nitrogen functional groups attached to an aromatic ring is 1. The van der Waals surface area contributed by atoms with Gasteiger partial charge in [-0.05, 0) is 47.9 Å². The zero-order valence-corrected chi connectivity index (χ0v) is 20.5. The van der Waals surface area contributed by atoms with Crippen molar-refractivity contribution in [2.45, 2.75) is 32.4 Å². The predicted octanol–water partition coefficient (Wildman–Crippen LogP) is 3.33. The largest absolute Gasteiger partial charge is 0.383 e. The van der Waals surface area contributed by atoms with Crippen molar-refractivity contribution in [3.63, 3.8) is 0 Å². The molecule has 1 fully saturated rings. The Labute approximate surface area is 206 Å². The number of carbonyl (C=O) groups excluding carboxylic acids is 2. The molecule has 1 aromatic heterocycles. The molecule has 1 saturated heterocycles. The summed E-state index contributed by atoms with van der Waals surface area (Å²) in [4.78, 5) is 40.3. The van der Waals surface area contributed by atoms with Crippen LogP contribution in [0.1, 0.15) is 30.9 Å². The Morgan fingerprint density at radius 2 is 1.91 bits per heavy atom. The molecular weight excluding hydrogens is 440 g/mol. The van der Waals surface area contributed by atoms with Crippen molar-refractivity contribution in [1.82, 2.24) is 19.8 Å². The molecule has 4 rings (SSSR count). The van der Waals surface area contributed by atoms with E-state index in [-0.39, 0.29) is 11.8 Å². The van der Waals surface area contributed by atoms with Gasteiger partial charge in [-0.25, -0.2) is 9.97 Å². The molecule has 182 valence electrons. The number of aromatic nitrogens is 2. The number of benzene rings is 2. The standard InChI is InChI=1S/C27H32N6O2/c1-4-5-24-27(35)32(17-20-8-12-22-23(16-20)29-18-30-26(22)28)14-15-33(24)25(34)13-9-19-6-10-21(11-7-19)31(2)3/h6-13,16,18,24H,4-5,14-15,17H2,1-3H3,(H2,28,29,30)/t24-/m0/s1. The Kier molecular flexibility index (Phi) is 7.29. The van der Waals surface area contributed by atoms with Crippen LogP contribution >= 0.6 is 0 Å². The van der Waals surface area contributed by atoms with E-state index in [1.807, 2.05) is 79.4 Å². The SMILES string of the molecule is CCC[C@H]1C(=O)N(Cc2ccc3c(N)ncnc3c2)CCN1C(=O)C=Cc1ccc(N(C)C)cc1. The van der Waals surface area contributed by atoms with Crippen LogP contribution in [0.15, 0.2) is 54.9 Å². The van der Waals surface area contributed by atoms with Crippen LogP contribution in [-0.4, -0.2) is 64.8 Å². The fourth-order valence-electron chi connectivity index (χ4n) is 4.40. The number of carbonyl (C=O) groups is 2. The highest BCUT2D eigenvalue weighted by molar-refractivity contribution is 5.96. The highest BCUT2D eigenvalue weighted by Gasteiger charge is 2.36. The van der Waals surface area contributed by atoms with E-state index in [4.69, 9.17) is 5.73 Å². The minimum atomic E-state index is -0.458. The molecule has 0 saturated carbocycles. The number of nitrogens with zero attached hydrogens (tertiary/aromatic N) is 5. The molecule has 2 heterocycles. The summed E-state index contributed by atoms with van der Waals surface area (Å²) < 4.78 is 0. The molecule has 0 spiro atoms. The molecule has 0 radical (unpaired) electrons. The van der Waals surface area contributed by atoms with Crippen LogP contribution in [0.3, 0.4) is 0 Å². The molecule has 1 aliphatic heterocycles. The van der Waals surface area contributed by atoms with Crippen LogP contribution in [0.2, 0.25) is 0 Å². The Morgan fingerprint density at radius 3 is 2.63 bits per heavy atom. The Hall–Kier alpha value is -3.94. The Bertz CT molecular complexity index is 1240. The molecule has 35 heavy (non-hydrogen) atoms. The lowest BCUT2D eigenvalue weighted by Gasteiger charge is -2.40. The lowest BCUT2D eigenvalue weighted by molar-refractivity contribution is -0.150. The number of amides is 2. The minimum Gasteiger partial charge on any atom is -0.383 e. The van der Waals surface area contributed by atoms with Crippen LogP contribution in [0, 0.1) is 0 Å². The lowest BCUT2D eigenvalue weighted by atomic mass is 10.0. The van der Waals surface area contributed by atoms with Gasteiger partial charge in [0, 0.05) is 50.9 Å². The van der Waals surface area contributed by atoms with Gasteiger partial charge in [0.15, 0.2) is 0 Å². The summed E-state index contributed by atoms with van der Waals surface area (Å²) in [7, 11) is 3.98. The first-order chi connectivity index (χ1) is 16.9. The maximum Gasteiger partial charge on any atom is 0.247 e. The van der Waals surface area contributed by atoms with E-state index >= 15 is 0 Å². The van der Waals surface area contributed by atoms with Crippen molar-refractivity contribution in [2.75, 3.05) is 37.8 Å². The van der Waals surface area contributed by atoms with Gasteiger partial charge in [-0.1, -0.05) is 31.5 Å². The predicted molar refractivity (Wildman–Crippen MR) is 140 cm³/mol. The van der Waals surface area contributed by atoms with Gasteiger partial charge in [-0.2, -0.15) is 0 Å². The molecule has 0 aliphatic carbocycles. The minimum absolute atomic E-state index is 0.0162. The molecular formula is C27H32N6O2. The quantitative estimate of drug-likeness (QED) is 0.530. The summed E-state index contributed by atoms with van der Waals surface area (Å²) in [5.74, 6) is 0.290. The summed E-state index contributed by atoms with van der Waals surface area (Å²) in [6.45, 7) is 3.49. The number of anilines is 2. The first-order valence-corrected chi connectivity index (χ1v) is 11.9. The highest BCUT2D eigenvalue weighted by atomic mass is 16.2. The third-order valence-electron chi connectivity index (χ3n) is 6.36. The molecule has 8 nitrogen and oxygen atoms in total. The van der Waals surface area contributed by atoms with Crippen LogP contribution in [-0.2, 0) is 16.1 Å². The molecule has 2 amide bonds. The number of hydrogen-bond donors (Lipinski definition) is 1. The van der Waals surface area contributed by atoms with Crippen molar-refractivity contribution in [1.29, 1.82) is 0 Å². The van der Waals surface area contributed by atoms with Gasteiger partial charge < -0.3 is 20.4 Å². The summed E-state index contributed by atoms with van der Waals surface area (Å²) in [5, 5.41) is 0.796. The lowest BCUT2D eigenvalue weighted by Crippen LogP contribution is -2.58. The summed E-state index contributed by atoms with van der Waals surface area (Å²) >= 11 is 0. The average molecular weight is 473 g/mol. The number of piperazine rings is 1. The van der Waals surface area contributed by atoms with Crippen molar-refractivity contribution in [3.05, 3.63) is 66.0 Å². The van der Waals surface area contributed by atoms with Crippen LogP contribution in [0.5, 0.6) is 0 Å². The van der Waals surface area contributed by atoms with Gasteiger partial charge in [0.25, 0.3) is 0 Å². The summed E-state index contributed by atoms with van der Waals surface area (Å²) in [6.07, 6.45) is 6.27. The van der Waals surface area contributed by atoms with E-state index in [2.05, 4.69) is 9.97 Å². The number of fused-ring (bicyclic) bond motifs is 1. The van der Waals surface area contributed by atoms with E-state index in [0.717, 1.165) is 34.1 Å². The molecule has 0 bridgehead atoms. The van der Waals surface area contributed by atoms with Crippen LogP contribution in [0.4, 0.5) is 11.5 Å². The van der Waals surface area contributed by atoms with E-state index in [0.29, 0.717) is 31.9 Å². The smallest absolute Gasteiger partial charge is 0.247 e. The molecule has 3 aromatic rings. The Morgan fingerprint density at radius 1 is 1.14 bits per heavy atom. The maximum absolute atomic E-state index is 13.4. The third kappa shape index (κ3) is 5.42. The van der Waals surface area contributed by atoms with Gasteiger partial charge in [-0.15, -0.1) is 0 Å². The first kappa shape index (κ1) is 24.2. The topological polar surface area (TPSA) is 95.7 Å². The fraction of sp³-hybridized carbons (Fsp3) is 0.333. The second kappa shape index (κ2) is 10.5. The van der Waals surface area contributed by atoms with Crippen LogP contribution in [0.25, 0.3) is 17.0 Å². The third-order valence-corrected chi connectivity index (χ3v) is 6.36. The van der Waals surface area contributed by atoms with Crippen molar-refractivity contribution < 1.29 is 9.59 Å². The zero-order valence-electron chi connectivity index (χ0n) is 20.5. The van der Waals surface area contributed by atoms with E-state index < -0.39 is 6.04 Å². The second-order valence-electron chi connectivity index (χ2n) is 9.03. The second-order valence-corrected chi connectivity index (χ2v) is 9.03. The molecule has 1 aliphatic rings. The zero-order chi connectivity index (χ0) is 24.9. The molecule has 0 unspecified atom stereocenters. The Balaban J connectivity index is 1.46. The summed E-state index contributed by atoms with van der Waals surface area (Å²) in [6, 6.07) is 13.3. The van der Waals surface area contributed by atoms with Gasteiger partial charge in [0.05, 0.1) is 5.52 Å². The maximum atomic E-state index is 13.4. The normalized spacial score (nSPS) is 16.3. The van der Waals surface area contributed by atoms with Crippen molar-refractivity contribution in [3.8, 4) is 0 Å². The van der Waals surface area contributed by atoms with Gasteiger partial charge in [-0.3, -0.25) is 9.59 Å². The monoisotopic (exact) mass is 472 g/mol. The molecule has 2 N–H and O–H groups in total. The molecule has 8 heteroatoms. The van der Waals surface area contributed by atoms with Crippen molar-refractivity contribution in [2.24, 2.45) is 0 Å². The first-order valence-electron chi connectivity index (χ1n) is 11.9. The average Bonchev–Trinajstić information content (AvgIpc) is 2.85. The highest BCUT2D eigenvalue weighted by Crippen LogP contribution is 2.22. The van der Waals surface area contributed by atoms with E-state index in [1.54, 1.807) is 11.0 Å². The molecule has 1 atom stereocenters. The summed E-state index contributed by atoms with van der Waals surface area (Å²) in [5.41, 5.74) is 9.70. The van der Waals surface area contributed by atoms with E-state index in [9.17, 15) is 9.59 Å². The molecule has 2 aromatic carbocycles. The van der Waals surface area contributed by atoms with Crippen molar-refractivity contribution >= 4 is 40.3 Å². The number of rotatable bonds is 7. The number of nitrogens with two attached hydrogens (primary N) is 1. The number of hydrogen-bond acceptors (Lipinski definition) is 6.